The highest BCUT2D eigenvalue weighted by Gasteiger charge is 2.34. The summed E-state index contributed by atoms with van der Waals surface area (Å²) in [7, 11) is -3.58. The minimum Gasteiger partial charge on any atom is -0.355 e. The molecular formula is C21H20FN5O4S. The number of aromatic amines is 1. The quantitative estimate of drug-likeness (QED) is 0.541. The molecule has 0 spiro atoms. The number of anilines is 3. The highest BCUT2D eigenvalue weighted by Crippen LogP contribution is 2.38. The molecule has 166 valence electrons. The summed E-state index contributed by atoms with van der Waals surface area (Å²) in [5, 5.41) is 5.76. The predicted molar refractivity (Wildman–Crippen MR) is 118 cm³/mol. The van der Waals surface area contributed by atoms with E-state index in [-0.39, 0.29) is 24.8 Å². The average molecular weight is 457 g/mol. The lowest BCUT2D eigenvalue weighted by molar-refractivity contribution is -0.114. The number of rotatable bonds is 5. The third kappa shape index (κ3) is 4.39. The molecule has 0 atom stereocenters. The number of nitrogens with zero attached hydrogens (tertiary/aromatic N) is 2. The molecule has 11 heteroatoms. The summed E-state index contributed by atoms with van der Waals surface area (Å²) in [4.78, 5) is 31.7. The van der Waals surface area contributed by atoms with Crippen LogP contribution in [0.3, 0.4) is 0 Å². The predicted octanol–water partition coefficient (Wildman–Crippen LogP) is 2.88. The number of hydrogen-bond acceptors (Lipinski definition) is 6. The van der Waals surface area contributed by atoms with Crippen LogP contribution in [0.25, 0.3) is 11.3 Å². The Morgan fingerprint density at radius 1 is 1.19 bits per heavy atom. The smallest absolute Gasteiger partial charge is 0.222 e. The summed E-state index contributed by atoms with van der Waals surface area (Å²) in [6, 6.07) is 8.96. The second-order valence-electron chi connectivity index (χ2n) is 7.43. The largest absolute Gasteiger partial charge is 0.355 e. The van der Waals surface area contributed by atoms with E-state index in [1.807, 2.05) is 0 Å². The molecule has 2 aromatic heterocycles. The standard InChI is InChI=1S/C21H20FN5O4S/c1-12(28)24-18-9-13(7-8-23-18)20-21(25-15-5-3-14(22)4-6-15)19-16(26-20)10-27(11-17(19)29)32(2,30)31/h3-9,25-26H,10-11H2,1-2H3,(H,23,24,28). The molecular weight excluding hydrogens is 437 g/mol. The first-order valence-corrected chi connectivity index (χ1v) is 11.5. The van der Waals surface area contributed by atoms with Crippen LogP contribution in [0.2, 0.25) is 0 Å². The van der Waals surface area contributed by atoms with E-state index in [2.05, 4.69) is 20.6 Å². The summed E-state index contributed by atoms with van der Waals surface area (Å²) in [5.74, 6) is -0.746. The van der Waals surface area contributed by atoms with Crippen molar-refractivity contribution < 1.29 is 22.4 Å². The van der Waals surface area contributed by atoms with Crippen LogP contribution in [0.1, 0.15) is 23.0 Å². The Bertz CT molecular complexity index is 1320. The lowest BCUT2D eigenvalue weighted by Gasteiger charge is -2.24. The van der Waals surface area contributed by atoms with Gasteiger partial charge >= 0.3 is 0 Å². The lowest BCUT2D eigenvalue weighted by Crippen LogP contribution is -2.38. The zero-order valence-electron chi connectivity index (χ0n) is 17.3. The van der Waals surface area contributed by atoms with Crippen LogP contribution in [0.5, 0.6) is 0 Å². The van der Waals surface area contributed by atoms with E-state index in [9.17, 15) is 22.4 Å². The number of benzene rings is 1. The number of fused-ring (bicyclic) bond motifs is 1. The van der Waals surface area contributed by atoms with Crippen molar-refractivity contribution in [3.05, 3.63) is 59.7 Å². The normalized spacial score (nSPS) is 14.2. The highest BCUT2D eigenvalue weighted by atomic mass is 32.2. The number of sulfonamides is 1. The van der Waals surface area contributed by atoms with E-state index in [1.165, 1.54) is 37.4 Å². The van der Waals surface area contributed by atoms with Crippen molar-refractivity contribution in [1.29, 1.82) is 0 Å². The number of aromatic nitrogens is 2. The Labute approximate surface area is 183 Å². The third-order valence-electron chi connectivity index (χ3n) is 4.95. The number of Topliss-reactive ketones (excluding diaryl/α,β-unsaturated/α-hetero) is 1. The summed E-state index contributed by atoms with van der Waals surface area (Å²) in [6.07, 6.45) is 2.56. The number of pyridine rings is 1. The van der Waals surface area contributed by atoms with Gasteiger partial charge in [0.2, 0.25) is 15.9 Å². The Morgan fingerprint density at radius 3 is 2.56 bits per heavy atom. The number of H-pyrrole nitrogens is 1. The summed E-state index contributed by atoms with van der Waals surface area (Å²) in [6.45, 7) is 1.08. The molecule has 0 unspecified atom stereocenters. The number of nitrogens with one attached hydrogen (secondary N) is 3. The molecule has 1 aromatic carbocycles. The molecule has 9 nitrogen and oxygen atoms in total. The van der Waals surface area contributed by atoms with Crippen LogP contribution >= 0.6 is 0 Å². The fraction of sp³-hybridized carbons (Fsp3) is 0.190. The Hall–Kier alpha value is -3.57. The number of ketones is 1. The Balaban J connectivity index is 1.85. The van der Waals surface area contributed by atoms with Gasteiger partial charge in [-0.3, -0.25) is 9.59 Å². The van der Waals surface area contributed by atoms with Crippen molar-refractivity contribution in [2.45, 2.75) is 13.5 Å². The van der Waals surface area contributed by atoms with Crippen molar-refractivity contribution in [2.75, 3.05) is 23.4 Å². The maximum Gasteiger partial charge on any atom is 0.222 e. The number of halogens is 1. The molecule has 0 radical (unpaired) electrons. The van der Waals surface area contributed by atoms with E-state index in [0.717, 1.165) is 10.6 Å². The minimum absolute atomic E-state index is 0.00163. The maximum absolute atomic E-state index is 13.4. The average Bonchev–Trinajstić information content (AvgIpc) is 3.08. The van der Waals surface area contributed by atoms with Crippen LogP contribution in [0.4, 0.5) is 21.6 Å². The van der Waals surface area contributed by atoms with Gasteiger partial charge < -0.3 is 15.6 Å². The van der Waals surface area contributed by atoms with Crippen LogP contribution in [-0.2, 0) is 21.4 Å². The molecule has 0 aliphatic carbocycles. The zero-order valence-corrected chi connectivity index (χ0v) is 18.1. The Morgan fingerprint density at radius 2 is 1.91 bits per heavy atom. The van der Waals surface area contributed by atoms with Gasteiger partial charge in [0, 0.05) is 30.1 Å². The molecule has 3 aromatic rings. The molecule has 32 heavy (non-hydrogen) atoms. The van der Waals surface area contributed by atoms with Crippen molar-refractivity contribution in [2.24, 2.45) is 0 Å². The zero-order chi connectivity index (χ0) is 23.0. The van der Waals surface area contributed by atoms with Crippen LogP contribution in [-0.4, -0.2) is 47.2 Å². The SMILES string of the molecule is CC(=O)Nc1cc(-c2[nH]c3c(c2Nc2ccc(F)cc2)C(=O)CN(S(C)(=O)=O)C3)ccn1. The van der Waals surface area contributed by atoms with Crippen molar-refractivity contribution in [3.63, 3.8) is 0 Å². The highest BCUT2D eigenvalue weighted by molar-refractivity contribution is 7.88. The van der Waals surface area contributed by atoms with E-state index in [4.69, 9.17) is 0 Å². The van der Waals surface area contributed by atoms with Crippen LogP contribution < -0.4 is 10.6 Å². The molecule has 0 fully saturated rings. The molecule has 1 amide bonds. The summed E-state index contributed by atoms with van der Waals surface area (Å²) < 4.78 is 38.5. The molecule has 0 saturated heterocycles. The van der Waals surface area contributed by atoms with Gasteiger partial charge in [-0.25, -0.2) is 17.8 Å². The number of amides is 1. The fourth-order valence-electron chi connectivity index (χ4n) is 3.54. The van der Waals surface area contributed by atoms with E-state index in [1.54, 1.807) is 12.1 Å². The molecule has 1 aliphatic heterocycles. The Kier molecular flexibility index (Phi) is 5.53. The lowest BCUT2D eigenvalue weighted by atomic mass is 10.0. The first kappa shape index (κ1) is 21.7. The van der Waals surface area contributed by atoms with E-state index < -0.39 is 15.8 Å². The fourth-order valence-corrected chi connectivity index (χ4v) is 4.25. The van der Waals surface area contributed by atoms with Gasteiger partial charge in [-0.2, -0.15) is 4.31 Å². The minimum atomic E-state index is -3.58. The molecule has 1 aliphatic rings. The van der Waals surface area contributed by atoms with Gasteiger partial charge in [0.1, 0.15) is 11.6 Å². The number of hydrogen-bond donors (Lipinski definition) is 3. The molecule has 3 N–H and O–H groups in total. The second-order valence-corrected chi connectivity index (χ2v) is 9.41. The van der Waals surface area contributed by atoms with Crippen LogP contribution in [0, 0.1) is 5.82 Å². The first-order valence-electron chi connectivity index (χ1n) is 9.61. The van der Waals surface area contributed by atoms with Gasteiger partial charge in [-0.15, -0.1) is 0 Å². The first-order chi connectivity index (χ1) is 15.1. The molecule has 3 heterocycles. The van der Waals surface area contributed by atoms with Crippen molar-refractivity contribution in [3.8, 4) is 11.3 Å². The van der Waals surface area contributed by atoms with Crippen LogP contribution in [0.15, 0.2) is 42.6 Å². The molecule has 0 bridgehead atoms. The monoisotopic (exact) mass is 457 g/mol. The maximum atomic E-state index is 13.4. The summed E-state index contributed by atoms with van der Waals surface area (Å²) in [5.41, 5.74) is 2.87. The number of carbonyl (C=O) groups excluding carboxylic acids is 2. The molecule has 4 rings (SSSR count). The van der Waals surface area contributed by atoms with Gasteiger partial charge in [0.25, 0.3) is 0 Å². The second kappa shape index (κ2) is 8.17. The van der Waals surface area contributed by atoms with Gasteiger partial charge in [0.15, 0.2) is 5.78 Å². The topological polar surface area (TPSA) is 124 Å². The van der Waals surface area contributed by atoms with Crippen molar-refractivity contribution >= 4 is 38.9 Å². The summed E-state index contributed by atoms with van der Waals surface area (Å²) >= 11 is 0. The van der Waals surface area contributed by atoms with Gasteiger partial charge in [-0.05, 0) is 36.4 Å². The van der Waals surface area contributed by atoms with Crippen molar-refractivity contribution in [1.82, 2.24) is 14.3 Å². The van der Waals surface area contributed by atoms with E-state index in [0.29, 0.717) is 39.7 Å². The van der Waals surface area contributed by atoms with Gasteiger partial charge in [0.05, 0.1) is 36.3 Å². The van der Waals surface area contributed by atoms with Gasteiger partial charge in [-0.1, -0.05) is 0 Å². The molecule has 0 saturated carbocycles. The third-order valence-corrected chi connectivity index (χ3v) is 6.14. The van der Waals surface area contributed by atoms with E-state index >= 15 is 0 Å². The number of carbonyl (C=O) groups is 2.